The Hall–Kier alpha value is -2.84. The molecule has 0 unspecified atom stereocenters. The Kier molecular flexibility index (Phi) is 7.12. The molecule has 8 heteroatoms. The van der Waals surface area contributed by atoms with E-state index in [-0.39, 0.29) is 29.8 Å². The van der Waals surface area contributed by atoms with Crippen molar-refractivity contribution in [1.82, 2.24) is 14.7 Å². The molecule has 30 heavy (non-hydrogen) atoms. The van der Waals surface area contributed by atoms with Gasteiger partial charge < -0.3 is 19.9 Å². The molecule has 1 aliphatic heterocycles. The van der Waals surface area contributed by atoms with E-state index in [0.717, 1.165) is 11.4 Å². The minimum atomic E-state index is -0.643. The van der Waals surface area contributed by atoms with E-state index in [1.807, 2.05) is 49.0 Å². The van der Waals surface area contributed by atoms with Gasteiger partial charge >= 0.3 is 0 Å². The molecular formula is C22H29N3O5. The van der Waals surface area contributed by atoms with Crippen LogP contribution in [0, 0.1) is 6.92 Å². The summed E-state index contributed by atoms with van der Waals surface area (Å²) in [6, 6.07) is 9.44. The van der Waals surface area contributed by atoms with E-state index in [9.17, 15) is 9.59 Å². The molecular weight excluding hydrogens is 386 g/mol. The topological polar surface area (TPSA) is 94.7 Å². The van der Waals surface area contributed by atoms with Gasteiger partial charge in [-0.05, 0) is 38.0 Å². The first kappa shape index (κ1) is 21.9. The van der Waals surface area contributed by atoms with E-state index in [0.29, 0.717) is 31.4 Å². The molecule has 2 aromatic rings. The number of aromatic nitrogens is 2. The zero-order valence-corrected chi connectivity index (χ0v) is 17.6. The summed E-state index contributed by atoms with van der Waals surface area (Å²) in [6.07, 6.45) is 2.80. The molecule has 0 saturated carbocycles. The minimum Gasteiger partial charge on any atom is -0.459 e. The predicted molar refractivity (Wildman–Crippen MR) is 112 cm³/mol. The summed E-state index contributed by atoms with van der Waals surface area (Å²) >= 11 is 0. The molecule has 2 heterocycles. The van der Waals surface area contributed by atoms with Crippen molar-refractivity contribution in [1.29, 1.82) is 0 Å². The molecule has 1 aliphatic rings. The van der Waals surface area contributed by atoms with Crippen molar-refractivity contribution in [3.05, 3.63) is 63.8 Å². The highest BCUT2D eigenvalue weighted by atomic mass is 16.7. The largest absolute Gasteiger partial charge is 0.459 e. The summed E-state index contributed by atoms with van der Waals surface area (Å²) in [4.78, 5) is 25.6. The maximum absolute atomic E-state index is 13.4. The van der Waals surface area contributed by atoms with Crippen LogP contribution in [0.5, 0.6) is 0 Å². The zero-order chi connectivity index (χ0) is 21.7. The molecule has 0 saturated heterocycles. The number of allylic oxidation sites excluding steroid dienone is 1. The van der Waals surface area contributed by atoms with Crippen LogP contribution < -0.4 is 10.9 Å². The Morgan fingerprint density at radius 3 is 2.70 bits per heavy atom. The van der Waals surface area contributed by atoms with Gasteiger partial charge in [0, 0.05) is 44.3 Å². The standard InChI is InChI=1S/C22H29N3O5/c1-15-20(22(28)25(24(15)3)17-9-5-4-6-10-17)16-13-18(21(27)23-2)30-19(14-16)29-12-8-7-11-26/h4-6,9-10,13,16,19,26H,7-8,11-12,14H2,1-3H3,(H,23,27)/t16-,19+/m0/s1. The number of likely N-dealkylation sites (N-methyl/N-ethyl adjacent to an activating group) is 1. The number of hydrogen-bond acceptors (Lipinski definition) is 5. The van der Waals surface area contributed by atoms with E-state index in [1.54, 1.807) is 10.8 Å². The van der Waals surface area contributed by atoms with Crippen molar-refractivity contribution >= 4 is 5.91 Å². The molecule has 0 radical (unpaired) electrons. The minimum absolute atomic E-state index is 0.100. The average molecular weight is 415 g/mol. The maximum atomic E-state index is 13.4. The molecule has 0 aliphatic carbocycles. The Morgan fingerprint density at radius 1 is 1.30 bits per heavy atom. The number of aliphatic hydroxyl groups excluding tert-OH is 1. The lowest BCUT2D eigenvalue weighted by Crippen LogP contribution is -2.32. The lowest BCUT2D eigenvalue weighted by atomic mass is 9.93. The number of carbonyl (C=O) groups excluding carboxylic acids is 1. The van der Waals surface area contributed by atoms with E-state index < -0.39 is 6.29 Å². The Balaban J connectivity index is 1.96. The highest BCUT2D eigenvalue weighted by Crippen LogP contribution is 2.32. The van der Waals surface area contributed by atoms with Crippen molar-refractivity contribution in [2.75, 3.05) is 20.3 Å². The monoisotopic (exact) mass is 415 g/mol. The molecule has 3 rings (SSSR count). The SMILES string of the molecule is CNC(=O)C1=C[C@H](c2c(C)n(C)n(-c3ccccc3)c2=O)C[C@H](OCCCCO)O1. The number of rotatable bonds is 8. The van der Waals surface area contributed by atoms with Gasteiger partial charge in [-0.1, -0.05) is 18.2 Å². The molecule has 0 spiro atoms. The number of unbranched alkanes of at least 4 members (excludes halogenated alkanes) is 1. The average Bonchev–Trinajstić information content (AvgIpc) is 2.99. The number of amides is 1. The summed E-state index contributed by atoms with van der Waals surface area (Å²) < 4.78 is 15.0. The van der Waals surface area contributed by atoms with Gasteiger partial charge in [0.25, 0.3) is 11.5 Å². The predicted octanol–water partition coefficient (Wildman–Crippen LogP) is 1.73. The second-order valence-electron chi connectivity index (χ2n) is 7.28. The summed E-state index contributed by atoms with van der Waals surface area (Å²) in [5.41, 5.74) is 2.09. The van der Waals surface area contributed by atoms with Gasteiger partial charge in [0.15, 0.2) is 5.76 Å². The molecule has 1 aromatic carbocycles. The lowest BCUT2D eigenvalue weighted by Gasteiger charge is -2.28. The summed E-state index contributed by atoms with van der Waals surface area (Å²) in [5, 5.41) is 11.5. The molecule has 162 valence electrons. The molecule has 0 bridgehead atoms. The molecule has 1 aromatic heterocycles. The lowest BCUT2D eigenvalue weighted by molar-refractivity contribution is -0.146. The maximum Gasteiger partial charge on any atom is 0.285 e. The molecule has 0 fully saturated rings. The van der Waals surface area contributed by atoms with Crippen molar-refractivity contribution < 1.29 is 19.4 Å². The van der Waals surface area contributed by atoms with Gasteiger partial charge in [-0.15, -0.1) is 0 Å². The number of hydrogen-bond donors (Lipinski definition) is 2. The smallest absolute Gasteiger partial charge is 0.285 e. The van der Waals surface area contributed by atoms with Crippen LogP contribution in [0.2, 0.25) is 0 Å². The highest BCUT2D eigenvalue weighted by molar-refractivity contribution is 5.91. The molecule has 2 atom stereocenters. The van der Waals surface area contributed by atoms with Gasteiger partial charge in [0.05, 0.1) is 12.3 Å². The van der Waals surface area contributed by atoms with Crippen LogP contribution in [0.3, 0.4) is 0 Å². The molecule has 2 N–H and O–H groups in total. The number of nitrogens with one attached hydrogen (secondary N) is 1. The first-order valence-electron chi connectivity index (χ1n) is 10.1. The van der Waals surface area contributed by atoms with Crippen LogP contribution in [0.15, 0.2) is 47.0 Å². The number of nitrogens with zero attached hydrogens (tertiary/aromatic N) is 2. The fraction of sp³-hybridized carbons (Fsp3) is 0.455. The molecule has 1 amide bonds. The number of benzene rings is 1. The third kappa shape index (κ3) is 4.49. The fourth-order valence-electron chi connectivity index (χ4n) is 3.69. The second kappa shape index (κ2) is 9.77. The van der Waals surface area contributed by atoms with Crippen molar-refractivity contribution in [3.63, 3.8) is 0 Å². The van der Waals surface area contributed by atoms with Gasteiger partial charge in [-0.25, -0.2) is 4.68 Å². The first-order valence-corrected chi connectivity index (χ1v) is 10.1. The number of ether oxygens (including phenoxy) is 2. The van der Waals surface area contributed by atoms with E-state index >= 15 is 0 Å². The number of para-hydroxylation sites is 1. The van der Waals surface area contributed by atoms with Gasteiger partial charge in [0.2, 0.25) is 6.29 Å². The zero-order valence-electron chi connectivity index (χ0n) is 17.6. The summed E-state index contributed by atoms with van der Waals surface area (Å²) in [6.45, 7) is 2.40. The number of aliphatic hydroxyl groups is 1. The quantitative estimate of drug-likeness (QED) is 0.641. The Bertz CT molecular complexity index is 961. The van der Waals surface area contributed by atoms with Crippen molar-refractivity contribution in [2.45, 2.75) is 38.4 Å². The first-order chi connectivity index (χ1) is 14.5. The van der Waals surface area contributed by atoms with Crippen LogP contribution in [-0.4, -0.2) is 46.9 Å². The second-order valence-corrected chi connectivity index (χ2v) is 7.28. The Morgan fingerprint density at radius 2 is 2.03 bits per heavy atom. The normalized spacial score (nSPS) is 18.6. The van der Waals surface area contributed by atoms with Crippen LogP contribution in [0.1, 0.15) is 36.4 Å². The summed E-state index contributed by atoms with van der Waals surface area (Å²) in [5.74, 6) is -0.534. The van der Waals surface area contributed by atoms with E-state index in [4.69, 9.17) is 14.6 Å². The van der Waals surface area contributed by atoms with Gasteiger partial charge in [-0.2, -0.15) is 0 Å². The molecule has 8 nitrogen and oxygen atoms in total. The highest BCUT2D eigenvalue weighted by Gasteiger charge is 2.32. The summed E-state index contributed by atoms with van der Waals surface area (Å²) in [7, 11) is 3.38. The Labute approximate surface area is 175 Å². The van der Waals surface area contributed by atoms with Crippen molar-refractivity contribution in [3.8, 4) is 5.69 Å². The van der Waals surface area contributed by atoms with Gasteiger partial charge in [0.1, 0.15) is 0 Å². The number of carbonyl (C=O) groups is 1. The fourth-order valence-corrected chi connectivity index (χ4v) is 3.69. The van der Waals surface area contributed by atoms with E-state index in [2.05, 4.69) is 5.32 Å². The van der Waals surface area contributed by atoms with Crippen LogP contribution in [-0.2, 0) is 21.3 Å². The van der Waals surface area contributed by atoms with Crippen LogP contribution >= 0.6 is 0 Å². The van der Waals surface area contributed by atoms with Crippen LogP contribution in [0.25, 0.3) is 5.69 Å². The van der Waals surface area contributed by atoms with E-state index in [1.165, 1.54) is 7.05 Å². The third-order valence-electron chi connectivity index (χ3n) is 5.33. The third-order valence-corrected chi connectivity index (χ3v) is 5.33. The van der Waals surface area contributed by atoms with Crippen LogP contribution in [0.4, 0.5) is 0 Å². The van der Waals surface area contributed by atoms with Gasteiger partial charge in [-0.3, -0.25) is 14.3 Å². The van der Waals surface area contributed by atoms with Crippen molar-refractivity contribution in [2.24, 2.45) is 7.05 Å².